The Hall–Kier alpha value is -3.65. The van der Waals surface area contributed by atoms with Gasteiger partial charge in [0.15, 0.2) is 11.5 Å². The van der Waals surface area contributed by atoms with Gasteiger partial charge in [0, 0.05) is 16.8 Å². The molecule has 33 heavy (non-hydrogen) atoms. The monoisotopic (exact) mass is 461 g/mol. The Morgan fingerprint density at radius 3 is 2.67 bits per heavy atom. The molecule has 7 nitrogen and oxygen atoms in total. The van der Waals surface area contributed by atoms with Gasteiger partial charge >= 0.3 is 0 Å². The molecule has 1 aliphatic heterocycles. The van der Waals surface area contributed by atoms with E-state index in [4.69, 9.17) is 9.47 Å². The van der Waals surface area contributed by atoms with E-state index >= 15 is 0 Å². The van der Waals surface area contributed by atoms with Crippen LogP contribution in [-0.2, 0) is 17.8 Å². The summed E-state index contributed by atoms with van der Waals surface area (Å²) < 4.78 is 12.6. The van der Waals surface area contributed by atoms with Crippen molar-refractivity contribution in [2.45, 2.75) is 19.0 Å². The number of benzene rings is 2. The van der Waals surface area contributed by atoms with Gasteiger partial charge in [0.2, 0.25) is 11.3 Å². The molecule has 5 rings (SSSR count). The number of fused-ring (bicyclic) bond motifs is 2. The first-order valence-corrected chi connectivity index (χ1v) is 11.5. The highest BCUT2D eigenvalue weighted by Crippen LogP contribution is 2.42. The summed E-state index contributed by atoms with van der Waals surface area (Å²) >= 11 is 1.62. The number of carbonyl (C=O) groups is 1. The first-order valence-electron chi connectivity index (χ1n) is 10.6. The molecule has 0 saturated carbocycles. The SMILES string of the molecule is COc1cc2c(cc1OC)C(c1cccs1)N(C(=O)Cn1ncc(=O)c3ccccc31)CC2. The zero-order valence-corrected chi connectivity index (χ0v) is 19.2. The van der Waals surface area contributed by atoms with Crippen molar-refractivity contribution >= 4 is 28.1 Å². The van der Waals surface area contributed by atoms with Crippen molar-refractivity contribution in [1.82, 2.24) is 14.7 Å². The lowest BCUT2D eigenvalue weighted by molar-refractivity contribution is -0.134. The molecule has 1 amide bonds. The van der Waals surface area contributed by atoms with Crippen molar-refractivity contribution in [1.29, 1.82) is 0 Å². The van der Waals surface area contributed by atoms with Crippen molar-refractivity contribution < 1.29 is 14.3 Å². The van der Waals surface area contributed by atoms with Crippen LogP contribution in [-0.4, -0.2) is 41.4 Å². The third-order valence-corrected chi connectivity index (χ3v) is 6.98. The fourth-order valence-corrected chi connectivity index (χ4v) is 5.33. The van der Waals surface area contributed by atoms with E-state index in [1.54, 1.807) is 36.3 Å². The number of para-hydroxylation sites is 1. The van der Waals surface area contributed by atoms with Crippen LogP contribution in [0.25, 0.3) is 10.9 Å². The molecule has 2 aromatic heterocycles. The predicted molar refractivity (Wildman–Crippen MR) is 127 cm³/mol. The number of thiophene rings is 1. The number of hydrogen-bond donors (Lipinski definition) is 0. The van der Waals surface area contributed by atoms with E-state index in [0.717, 1.165) is 16.0 Å². The number of ether oxygens (including phenoxy) is 2. The van der Waals surface area contributed by atoms with Crippen LogP contribution < -0.4 is 14.9 Å². The Kier molecular flexibility index (Phi) is 5.60. The normalized spacial score (nSPS) is 15.3. The topological polar surface area (TPSA) is 73.7 Å². The molecule has 0 N–H and O–H groups in total. The maximum Gasteiger partial charge on any atom is 0.245 e. The summed E-state index contributed by atoms with van der Waals surface area (Å²) in [6.07, 6.45) is 1.98. The molecule has 0 fully saturated rings. The first kappa shape index (κ1) is 21.2. The fourth-order valence-electron chi connectivity index (χ4n) is 4.47. The van der Waals surface area contributed by atoms with Crippen molar-refractivity contribution in [3.63, 3.8) is 0 Å². The molecule has 1 atom stereocenters. The van der Waals surface area contributed by atoms with E-state index in [9.17, 15) is 9.59 Å². The van der Waals surface area contributed by atoms with Gasteiger partial charge in [-0.1, -0.05) is 18.2 Å². The second-order valence-corrected chi connectivity index (χ2v) is 8.82. The Bertz CT molecular complexity index is 1380. The Morgan fingerprint density at radius 1 is 1.12 bits per heavy atom. The number of amides is 1. The van der Waals surface area contributed by atoms with Gasteiger partial charge in [-0.05, 0) is 53.3 Å². The highest BCUT2D eigenvalue weighted by Gasteiger charge is 2.34. The van der Waals surface area contributed by atoms with Crippen LogP contribution in [0.5, 0.6) is 11.5 Å². The number of methoxy groups -OCH3 is 2. The van der Waals surface area contributed by atoms with Crippen molar-refractivity contribution in [2.75, 3.05) is 20.8 Å². The Labute approximate surface area is 194 Å². The molecule has 3 heterocycles. The van der Waals surface area contributed by atoms with Crippen LogP contribution in [0.4, 0.5) is 0 Å². The van der Waals surface area contributed by atoms with Crippen molar-refractivity contribution in [2.24, 2.45) is 0 Å². The standard InChI is InChI=1S/C25H23N3O4S/c1-31-21-12-16-9-10-27(25(23-8-5-11-33-23)18(16)13-22(21)32-2)24(30)15-28-19-7-4-3-6-17(19)20(29)14-26-28/h3-8,11-14,25H,9-10,15H2,1-2H3. The molecular formula is C25H23N3O4S. The minimum Gasteiger partial charge on any atom is -0.493 e. The molecular weight excluding hydrogens is 438 g/mol. The van der Waals surface area contributed by atoms with Crippen LogP contribution in [0.15, 0.2) is 64.9 Å². The highest BCUT2D eigenvalue weighted by molar-refractivity contribution is 7.10. The second kappa shape index (κ2) is 8.71. The quantitative estimate of drug-likeness (QED) is 0.454. The highest BCUT2D eigenvalue weighted by atomic mass is 32.1. The summed E-state index contributed by atoms with van der Waals surface area (Å²) in [5.74, 6) is 1.26. The molecule has 0 aliphatic carbocycles. The minimum absolute atomic E-state index is 0.0469. The summed E-state index contributed by atoms with van der Waals surface area (Å²) in [7, 11) is 3.24. The fraction of sp³-hybridized carbons (Fsp3) is 0.240. The zero-order valence-electron chi connectivity index (χ0n) is 18.4. The van der Waals surface area contributed by atoms with Crippen LogP contribution in [0.3, 0.4) is 0 Å². The van der Waals surface area contributed by atoms with Crippen molar-refractivity contribution in [3.05, 3.63) is 86.3 Å². The molecule has 0 radical (unpaired) electrons. The molecule has 8 heteroatoms. The van der Waals surface area contributed by atoms with Gasteiger partial charge < -0.3 is 14.4 Å². The number of hydrogen-bond acceptors (Lipinski definition) is 6. The average molecular weight is 462 g/mol. The third-order valence-electron chi connectivity index (χ3n) is 6.05. The van der Waals surface area contributed by atoms with Crippen LogP contribution >= 0.6 is 11.3 Å². The van der Waals surface area contributed by atoms with E-state index in [-0.39, 0.29) is 23.9 Å². The molecule has 0 bridgehead atoms. The van der Waals surface area contributed by atoms with E-state index in [1.165, 1.54) is 6.20 Å². The van der Waals surface area contributed by atoms with Gasteiger partial charge in [0.05, 0.1) is 32.0 Å². The van der Waals surface area contributed by atoms with Gasteiger partial charge in [-0.3, -0.25) is 14.3 Å². The molecule has 2 aromatic carbocycles. The maximum atomic E-state index is 13.6. The van der Waals surface area contributed by atoms with Crippen LogP contribution in [0.1, 0.15) is 22.0 Å². The number of aromatic nitrogens is 2. The minimum atomic E-state index is -0.230. The molecule has 1 unspecified atom stereocenters. The Balaban J connectivity index is 1.55. The summed E-state index contributed by atoms with van der Waals surface area (Å²) in [6, 6.07) is 15.0. The molecule has 168 valence electrons. The maximum absolute atomic E-state index is 13.6. The van der Waals surface area contributed by atoms with Gasteiger partial charge in [0.25, 0.3) is 0 Å². The van der Waals surface area contributed by atoms with Gasteiger partial charge in [0.1, 0.15) is 6.54 Å². The van der Waals surface area contributed by atoms with Crippen LogP contribution in [0, 0.1) is 0 Å². The molecule has 0 spiro atoms. The molecule has 1 aliphatic rings. The van der Waals surface area contributed by atoms with E-state index in [1.807, 2.05) is 46.7 Å². The lowest BCUT2D eigenvalue weighted by Gasteiger charge is -2.37. The smallest absolute Gasteiger partial charge is 0.245 e. The number of nitrogens with zero attached hydrogens (tertiary/aromatic N) is 3. The van der Waals surface area contributed by atoms with E-state index in [0.29, 0.717) is 35.4 Å². The lowest BCUT2D eigenvalue weighted by Crippen LogP contribution is -2.42. The summed E-state index contributed by atoms with van der Waals surface area (Å²) in [4.78, 5) is 28.8. The van der Waals surface area contributed by atoms with Crippen LogP contribution in [0.2, 0.25) is 0 Å². The first-order chi connectivity index (χ1) is 16.1. The zero-order chi connectivity index (χ0) is 22.9. The van der Waals surface area contributed by atoms with Crippen molar-refractivity contribution in [3.8, 4) is 11.5 Å². The van der Waals surface area contributed by atoms with Gasteiger partial charge in [-0.25, -0.2) is 0 Å². The summed E-state index contributed by atoms with van der Waals surface area (Å²) in [5.41, 5.74) is 2.67. The van der Waals surface area contributed by atoms with E-state index < -0.39 is 0 Å². The summed E-state index contributed by atoms with van der Waals surface area (Å²) in [5, 5.41) is 6.82. The summed E-state index contributed by atoms with van der Waals surface area (Å²) in [6.45, 7) is 0.618. The predicted octanol–water partition coefficient (Wildman–Crippen LogP) is 3.65. The molecule has 4 aromatic rings. The molecule has 0 saturated heterocycles. The van der Waals surface area contributed by atoms with E-state index in [2.05, 4.69) is 11.2 Å². The number of rotatable bonds is 5. The van der Waals surface area contributed by atoms with Gasteiger partial charge in [-0.2, -0.15) is 5.10 Å². The Morgan fingerprint density at radius 2 is 1.91 bits per heavy atom. The van der Waals surface area contributed by atoms with Gasteiger partial charge in [-0.15, -0.1) is 11.3 Å². The lowest BCUT2D eigenvalue weighted by atomic mass is 9.90. The average Bonchev–Trinajstić information content (AvgIpc) is 3.38. The third kappa shape index (κ3) is 3.76. The second-order valence-electron chi connectivity index (χ2n) is 7.84. The number of carbonyl (C=O) groups excluding carboxylic acids is 1. The largest absolute Gasteiger partial charge is 0.493 e.